The molecule has 1 aliphatic heterocycles. The average molecular weight is 303 g/mol. The van der Waals surface area contributed by atoms with Crippen LogP contribution in [0.4, 0.5) is 4.79 Å². The van der Waals surface area contributed by atoms with Gasteiger partial charge in [-0.1, -0.05) is 0 Å². The molecule has 20 heavy (non-hydrogen) atoms. The predicted octanol–water partition coefficient (Wildman–Crippen LogP) is 0.992. The van der Waals surface area contributed by atoms with Crippen molar-refractivity contribution in [3.05, 3.63) is 0 Å². The number of hydrogen-bond acceptors (Lipinski definition) is 5. The summed E-state index contributed by atoms with van der Waals surface area (Å²) in [6, 6.07) is 0. The van der Waals surface area contributed by atoms with Gasteiger partial charge in [0.05, 0.1) is 13.1 Å². The van der Waals surface area contributed by atoms with E-state index in [1.54, 1.807) is 11.2 Å². The Morgan fingerprint density at radius 1 is 1.55 bits per heavy atom. The van der Waals surface area contributed by atoms with Crippen LogP contribution in [-0.4, -0.2) is 64.3 Å². The molecule has 0 spiro atoms. The zero-order chi connectivity index (χ0) is 15.3. The van der Waals surface area contributed by atoms with Crippen molar-refractivity contribution in [2.75, 3.05) is 32.4 Å². The van der Waals surface area contributed by atoms with Crippen molar-refractivity contribution in [2.45, 2.75) is 38.5 Å². The van der Waals surface area contributed by atoms with Gasteiger partial charge in [-0.3, -0.25) is 14.1 Å². The fourth-order valence-electron chi connectivity index (χ4n) is 1.59. The van der Waals surface area contributed by atoms with E-state index < -0.39 is 16.4 Å². The minimum atomic E-state index is -0.868. The second kappa shape index (κ2) is 7.06. The van der Waals surface area contributed by atoms with Crippen molar-refractivity contribution in [2.24, 2.45) is 4.99 Å². The van der Waals surface area contributed by atoms with Crippen LogP contribution in [-0.2, 0) is 15.5 Å². The number of hydrogen-bond donors (Lipinski definition) is 1. The fraction of sp³-hybridized carbons (Fsp3) is 0.846. The molecular weight excluding hydrogens is 278 g/mol. The molecule has 0 aliphatic carbocycles. The Labute approximate surface area is 123 Å². The highest BCUT2D eigenvalue weighted by Gasteiger charge is 2.25. The number of amides is 1. The summed E-state index contributed by atoms with van der Waals surface area (Å²) in [5.74, 6) is 0.749. The predicted molar refractivity (Wildman–Crippen MR) is 81.6 cm³/mol. The Hall–Kier alpha value is -1.11. The van der Waals surface area contributed by atoms with Crippen LogP contribution in [0.5, 0.6) is 0 Å². The number of ether oxygens (including phenoxy) is 1. The molecule has 2 atom stereocenters. The van der Waals surface area contributed by atoms with Gasteiger partial charge in [-0.05, 0) is 27.7 Å². The Bertz CT molecular complexity index is 404. The van der Waals surface area contributed by atoms with Crippen LogP contribution in [0.3, 0.4) is 0 Å². The van der Waals surface area contributed by atoms with Crippen LogP contribution >= 0.6 is 0 Å². The summed E-state index contributed by atoms with van der Waals surface area (Å²) in [5.41, 5.74) is -0.493. The second-order valence-corrected chi connectivity index (χ2v) is 7.72. The summed E-state index contributed by atoms with van der Waals surface area (Å²) in [6.45, 7) is 9.59. The standard InChI is InChI=1S/C13H25N3O3S/c1-10(20(5)18)8-15-11-9-16(7-6-14-11)12(17)19-13(2,3)4/h10H,6-9H2,1-5H3,(H,14,15). The first-order valence-electron chi connectivity index (χ1n) is 6.76. The summed E-state index contributed by atoms with van der Waals surface area (Å²) < 4.78 is 16.6. The van der Waals surface area contributed by atoms with Crippen LogP contribution < -0.4 is 5.32 Å². The molecule has 0 aromatic rings. The third-order valence-electron chi connectivity index (χ3n) is 2.83. The van der Waals surface area contributed by atoms with E-state index in [0.29, 0.717) is 26.2 Å². The summed E-state index contributed by atoms with van der Waals surface area (Å²) in [7, 11) is -0.868. The Morgan fingerprint density at radius 3 is 2.75 bits per heavy atom. The van der Waals surface area contributed by atoms with E-state index in [0.717, 1.165) is 5.84 Å². The lowest BCUT2D eigenvalue weighted by Crippen LogP contribution is -2.48. The van der Waals surface area contributed by atoms with Gasteiger partial charge in [0.1, 0.15) is 11.4 Å². The number of nitrogens with one attached hydrogen (secondary N) is 1. The van der Waals surface area contributed by atoms with Crippen LogP contribution in [0.15, 0.2) is 4.99 Å². The molecule has 116 valence electrons. The van der Waals surface area contributed by atoms with Crippen molar-refractivity contribution in [3.63, 3.8) is 0 Å². The van der Waals surface area contributed by atoms with Gasteiger partial charge in [0.2, 0.25) is 0 Å². The van der Waals surface area contributed by atoms with Crippen LogP contribution in [0, 0.1) is 0 Å². The number of aliphatic imine (C=N–C) groups is 1. The number of nitrogens with zero attached hydrogens (tertiary/aromatic N) is 2. The molecule has 0 aromatic heterocycles. The number of carbonyl (C=O) groups is 1. The van der Waals surface area contributed by atoms with Gasteiger partial charge < -0.3 is 10.1 Å². The first-order valence-corrected chi connectivity index (χ1v) is 8.38. The average Bonchev–Trinajstić information content (AvgIpc) is 2.34. The van der Waals surface area contributed by atoms with Crippen molar-refractivity contribution >= 4 is 22.7 Å². The van der Waals surface area contributed by atoms with Crippen LogP contribution in [0.25, 0.3) is 0 Å². The zero-order valence-corrected chi connectivity index (χ0v) is 13.7. The van der Waals surface area contributed by atoms with Crippen molar-refractivity contribution in [1.82, 2.24) is 10.2 Å². The van der Waals surface area contributed by atoms with Gasteiger partial charge in [-0.2, -0.15) is 0 Å². The molecule has 1 heterocycles. The first-order chi connectivity index (χ1) is 9.19. The lowest BCUT2D eigenvalue weighted by Gasteiger charge is -2.30. The fourth-order valence-corrected chi connectivity index (χ4v) is 1.91. The normalized spacial score (nSPS) is 19.1. The van der Waals surface area contributed by atoms with Crippen LogP contribution in [0.1, 0.15) is 27.7 Å². The van der Waals surface area contributed by atoms with E-state index in [4.69, 9.17) is 4.74 Å². The molecule has 1 amide bonds. The van der Waals surface area contributed by atoms with Gasteiger partial charge in [0.15, 0.2) is 0 Å². The highest BCUT2D eigenvalue weighted by Crippen LogP contribution is 2.11. The summed E-state index contributed by atoms with van der Waals surface area (Å²) in [5, 5.41) is 3.21. The van der Waals surface area contributed by atoms with Crippen molar-refractivity contribution < 1.29 is 13.7 Å². The molecule has 0 saturated heterocycles. The molecule has 6 nitrogen and oxygen atoms in total. The second-order valence-electron chi connectivity index (χ2n) is 5.92. The van der Waals surface area contributed by atoms with E-state index in [1.807, 2.05) is 27.7 Å². The third-order valence-corrected chi connectivity index (χ3v) is 4.13. The largest absolute Gasteiger partial charge is 0.444 e. The maximum atomic E-state index is 12.0. The zero-order valence-electron chi connectivity index (χ0n) is 12.9. The maximum Gasteiger partial charge on any atom is 0.410 e. The lowest BCUT2D eigenvalue weighted by molar-refractivity contribution is 0.0276. The molecular formula is C13H25N3O3S. The third kappa shape index (κ3) is 5.90. The van der Waals surface area contributed by atoms with E-state index in [-0.39, 0.29) is 11.3 Å². The highest BCUT2D eigenvalue weighted by atomic mass is 32.2. The molecule has 0 radical (unpaired) electrons. The van der Waals surface area contributed by atoms with Gasteiger partial charge in [-0.25, -0.2) is 4.79 Å². The highest BCUT2D eigenvalue weighted by molar-refractivity contribution is 7.84. The molecule has 1 aliphatic rings. The van der Waals surface area contributed by atoms with Crippen molar-refractivity contribution in [1.29, 1.82) is 0 Å². The first kappa shape index (κ1) is 16.9. The number of carbonyl (C=O) groups excluding carboxylic acids is 1. The van der Waals surface area contributed by atoms with E-state index >= 15 is 0 Å². The number of rotatable bonds is 3. The van der Waals surface area contributed by atoms with Gasteiger partial charge in [0, 0.05) is 35.4 Å². The van der Waals surface area contributed by atoms with Crippen LogP contribution in [0.2, 0.25) is 0 Å². The molecule has 0 saturated carbocycles. The molecule has 1 N–H and O–H groups in total. The summed E-state index contributed by atoms with van der Waals surface area (Å²) in [6.07, 6.45) is 1.36. The quantitative estimate of drug-likeness (QED) is 0.844. The maximum absolute atomic E-state index is 12.0. The number of amidine groups is 1. The molecule has 0 fully saturated rings. The Morgan fingerprint density at radius 2 is 2.20 bits per heavy atom. The molecule has 7 heteroatoms. The van der Waals surface area contributed by atoms with Crippen molar-refractivity contribution in [3.8, 4) is 0 Å². The Kier molecular flexibility index (Phi) is 5.98. The van der Waals surface area contributed by atoms with E-state index in [1.165, 1.54) is 0 Å². The summed E-state index contributed by atoms with van der Waals surface area (Å²) in [4.78, 5) is 18.0. The van der Waals surface area contributed by atoms with Gasteiger partial charge >= 0.3 is 6.09 Å². The minimum absolute atomic E-state index is 0.0506. The molecule has 0 aromatic carbocycles. The lowest BCUT2D eigenvalue weighted by atomic mass is 10.2. The van der Waals surface area contributed by atoms with Gasteiger partial charge in [0.25, 0.3) is 0 Å². The Balaban J connectivity index is 2.48. The topological polar surface area (TPSA) is 71.0 Å². The molecule has 0 bridgehead atoms. The van der Waals surface area contributed by atoms with E-state index in [2.05, 4.69) is 10.3 Å². The van der Waals surface area contributed by atoms with E-state index in [9.17, 15) is 9.00 Å². The molecule has 2 unspecified atom stereocenters. The smallest absolute Gasteiger partial charge is 0.410 e. The van der Waals surface area contributed by atoms with Gasteiger partial charge in [-0.15, -0.1) is 0 Å². The SMILES string of the molecule is CC(CNC1=NCCN(C(=O)OC(C)(C)C)C1)S(C)=O. The molecule has 1 rings (SSSR count). The summed E-state index contributed by atoms with van der Waals surface area (Å²) >= 11 is 0. The monoisotopic (exact) mass is 303 g/mol. The minimum Gasteiger partial charge on any atom is -0.444 e.